The van der Waals surface area contributed by atoms with E-state index in [-0.39, 0.29) is 28.4 Å². The Balaban J connectivity index is 1.86. The molecule has 0 atom stereocenters. The molecule has 0 bridgehead atoms. The predicted octanol–water partition coefficient (Wildman–Crippen LogP) is 3.18. The van der Waals surface area contributed by atoms with Crippen molar-refractivity contribution in [2.24, 2.45) is 0 Å². The SMILES string of the molecule is O=C(Cn1cc(Br)c([N+](=O)[O-])n1)c1cc2ccccc2o1. The average Bonchev–Trinajstić information content (AvgIpc) is 3.02. The molecular formula is C13H8BrN3O4. The molecule has 0 amide bonds. The van der Waals surface area contributed by atoms with Crippen LogP contribution in [0, 0.1) is 10.1 Å². The second kappa shape index (κ2) is 5.13. The molecule has 0 aliphatic heterocycles. The van der Waals surface area contributed by atoms with E-state index in [1.54, 1.807) is 12.1 Å². The van der Waals surface area contributed by atoms with Gasteiger partial charge in [-0.3, -0.25) is 4.79 Å². The van der Waals surface area contributed by atoms with Gasteiger partial charge in [0.25, 0.3) is 0 Å². The maximum absolute atomic E-state index is 12.1. The van der Waals surface area contributed by atoms with Crippen LogP contribution in [0.15, 0.2) is 45.4 Å². The summed E-state index contributed by atoms with van der Waals surface area (Å²) in [4.78, 5) is 22.2. The highest BCUT2D eigenvalue weighted by Gasteiger charge is 2.21. The fourth-order valence-corrected chi connectivity index (χ4v) is 2.40. The van der Waals surface area contributed by atoms with Crippen LogP contribution in [0.1, 0.15) is 10.6 Å². The Morgan fingerprint density at radius 1 is 1.43 bits per heavy atom. The molecular weight excluding hydrogens is 342 g/mol. The molecule has 1 aromatic carbocycles. The number of aromatic nitrogens is 2. The van der Waals surface area contributed by atoms with E-state index in [4.69, 9.17) is 4.42 Å². The average molecular weight is 350 g/mol. The van der Waals surface area contributed by atoms with Crippen molar-refractivity contribution in [3.63, 3.8) is 0 Å². The minimum absolute atomic E-state index is 0.133. The van der Waals surface area contributed by atoms with Crippen LogP contribution in [0.25, 0.3) is 11.0 Å². The first-order valence-corrected chi connectivity index (χ1v) is 6.73. The van der Waals surface area contributed by atoms with Gasteiger partial charge in [0, 0.05) is 5.39 Å². The first kappa shape index (κ1) is 13.5. The van der Waals surface area contributed by atoms with Gasteiger partial charge in [-0.1, -0.05) is 18.2 Å². The maximum Gasteiger partial charge on any atom is 0.404 e. The van der Waals surface area contributed by atoms with Crippen LogP contribution in [0.4, 0.5) is 5.82 Å². The zero-order valence-electron chi connectivity index (χ0n) is 10.5. The van der Waals surface area contributed by atoms with Gasteiger partial charge in [0.1, 0.15) is 16.6 Å². The maximum atomic E-state index is 12.1. The van der Waals surface area contributed by atoms with Crippen LogP contribution in [-0.2, 0) is 6.54 Å². The summed E-state index contributed by atoms with van der Waals surface area (Å²) in [7, 11) is 0. The molecule has 3 aromatic rings. The summed E-state index contributed by atoms with van der Waals surface area (Å²) in [5, 5.41) is 15.3. The van der Waals surface area contributed by atoms with Gasteiger partial charge in [-0.2, -0.15) is 4.68 Å². The Morgan fingerprint density at radius 3 is 2.86 bits per heavy atom. The first-order chi connectivity index (χ1) is 10.0. The Hall–Kier alpha value is -2.48. The monoisotopic (exact) mass is 349 g/mol. The van der Waals surface area contributed by atoms with Gasteiger partial charge in [-0.25, -0.2) is 0 Å². The Morgan fingerprint density at radius 2 is 2.19 bits per heavy atom. The summed E-state index contributed by atoms with van der Waals surface area (Å²) in [6.07, 6.45) is 1.39. The van der Waals surface area contributed by atoms with Crippen LogP contribution in [0.5, 0.6) is 0 Å². The van der Waals surface area contributed by atoms with Crippen LogP contribution < -0.4 is 0 Å². The number of ketones is 1. The molecule has 0 fully saturated rings. The number of halogens is 1. The number of carbonyl (C=O) groups excluding carboxylic acids is 1. The van der Waals surface area contributed by atoms with Crippen molar-refractivity contribution in [2.75, 3.05) is 0 Å². The molecule has 0 spiro atoms. The van der Waals surface area contributed by atoms with Gasteiger partial charge in [-0.05, 0) is 33.0 Å². The Kier molecular flexibility index (Phi) is 3.30. The minimum Gasteiger partial charge on any atom is -0.453 e. The fraction of sp³-hybridized carbons (Fsp3) is 0.0769. The third kappa shape index (κ3) is 2.57. The molecule has 106 valence electrons. The molecule has 7 nitrogen and oxygen atoms in total. The lowest BCUT2D eigenvalue weighted by atomic mass is 10.2. The van der Waals surface area contributed by atoms with E-state index in [1.165, 1.54) is 10.9 Å². The molecule has 0 aliphatic rings. The summed E-state index contributed by atoms with van der Waals surface area (Å²) >= 11 is 3.03. The van der Waals surface area contributed by atoms with Crippen LogP contribution in [0.3, 0.4) is 0 Å². The molecule has 21 heavy (non-hydrogen) atoms. The number of nitrogens with zero attached hydrogens (tertiary/aromatic N) is 3. The zero-order valence-corrected chi connectivity index (χ0v) is 12.1. The van der Waals surface area contributed by atoms with Gasteiger partial charge in [-0.15, -0.1) is 0 Å². The summed E-state index contributed by atoms with van der Waals surface area (Å²) < 4.78 is 6.88. The highest BCUT2D eigenvalue weighted by Crippen LogP contribution is 2.23. The number of Topliss-reactive ketones (excluding diaryl/α,β-unsaturated/α-hetero) is 1. The minimum atomic E-state index is -0.619. The number of rotatable bonds is 4. The third-order valence-electron chi connectivity index (χ3n) is 2.88. The molecule has 2 aromatic heterocycles. The quantitative estimate of drug-likeness (QED) is 0.409. The molecule has 0 aliphatic carbocycles. The second-order valence-electron chi connectivity index (χ2n) is 4.33. The van der Waals surface area contributed by atoms with Gasteiger partial charge in [0.05, 0.1) is 11.3 Å². The van der Waals surface area contributed by atoms with E-state index < -0.39 is 4.92 Å². The molecule has 2 heterocycles. The van der Waals surface area contributed by atoms with E-state index >= 15 is 0 Å². The standard InChI is InChI=1S/C13H8BrN3O4/c14-9-6-16(15-13(9)17(19)20)7-10(18)12-5-8-3-1-2-4-11(8)21-12/h1-6H,7H2. The number of hydrogen-bond donors (Lipinski definition) is 0. The number of para-hydroxylation sites is 1. The third-order valence-corrected chi connectivity index (χ3v) is 3.44. The highest BCUT2D eigenvalue weighted by atomic mass is 79.9. The summed E-state index contributed by atoms with van der Waals surface area (Å²) in [6.45, 7) is -0.133. The van der Waals surface area contributed by atoms with E-state index in [2.05, 4.69) is 21.0 Å². The Bertz CT molecular complexity index is 819. The van der Waals surface area contributed by atoms with Crippen molar-refractivity contribution in [3.8, 4) is 0 Å². The smallest absolute Gasteiger partial charge is 0.404 e. The number of hydrogen-bond acceptors (Lipinski definition) is 5. The molecule has 0 saturated heterocycles. The fourth-order valence-electron chi connectivity index (χ4n) is 1.94. The number of furan rings is 1. The van der Waals surface area contributed by atoms with Gasteiger partial charge in [0.2, 0.25) is 5.78 Å². The first-order valence-electron chi connectivity index (χ1n) is 5.94. The number of nitro groups is 1. The normalized spacial score (nSPS) is 10.9. The number of carbonyl (C=O) groups is 1. The van der Waals surface area contributed by atoms with Crippen molar-refractivity contribution in [1.29, 1.82) is 0 Å². The van der Waals surface area contributed by atoms with Crippen LogP contribution in [-0.4, -0.2) is 20.5 Å². The lowest BCUT2D eigenvalue weighted by Gasteiger charge is -1.93. The molecule has 0 saturated carbocycles. The molecule has 0 unspecified atom stereocenters. The Labute approximate surface area is 126 Å². The molecule has 8 heteroatoms. The van der Waals surface area contributed by atoms with E-state index in [9.17, 15) is 14.9 Å². The molecule has 3 rings (SSSR count). The molecule has 0 radical (unpaired) electrons. The van der Waals surface area contributed by atoms with Crippen molar-refractivity contribution < 1.29 is 14.1 Å². The number of fused-ring (bicyclic) bond motifs is 1. The van der Waals surface area contributed by atoms with Crippen molar-refractivity contribution in [1.82, 2.24) is 9.78 Å². The second-order valence-corrected chi connectivity index (χ2v) is 5.18. The zero-order chi connectivity index (χ0) is 15.0. The van der Waals surface area contributed by atoms with E-state index in [1.807, 2.05) is 18.2 Å². The summed E-state index contributed by atoms with van der Waals surface area (Å²) in [5.74, 6) is -0.436. The largest absolute Gasteiger partial charge is 0.453 e. The lowest BCUT2D eigenvalue weighted by molar-refractivity contribution is -0.390. The summed E-state index contributed by atoms with van der Waals surface area (Å²) in [5.41, 5.74) is 0.619. The topological polar surface area (TPSA) is 91.2 Å². The highest BCUT2D eigenvalue weighted by molar-refractivity contribution is 9.10. The van der Waals surface area contributed by atoms with Crippen molar-refractivity contribution in [2.45, 2.75) is 6.54 Å². The summed E-state index contributed by atoms with van der Waals surface area (Å²) in [6, 6.07) is 8.91. The van der Waals surface area contributed by atoms with Crippen LogP contribution in [0.2, 0.25) is 0 Å². The van der Waals surface area contributed by atoms with Gasteiger partial charge < -0.3 is 14.5 Å². The molecule has 0 N–H and O–H groups in total. The van der Waals surface area contributed by atoms with E-state index in [0.717, 1.165) is 5.39 Å². The predicted molar refractivity (Wildman–Crippen MR) is 77.1 cm³/mol. The van der Waals surface area contributed by atoms with Gasteiger partial charge >= 0.3 is 5.82 Å². The van der Waals surface area contributed by atoms with E-state index in [0.29, 0.717) is 5.58 Å². The lowest BCUT2D eigenvalue weighted by Crippen LogP contribution is -2.10. The van der Waals surface area contributed by atoms with Crippen molar-refractivity contribution in [3.05, 3.63) is 56.9 Å². The van der Waals surface area contributed by atoms with Crippen molar-refractivity contribution >= 4 is 38.5 Å². The van der Waals surface area contributed by atoms with Gasteiger partial charge in [0.15, 0.2) is 5.76 Å². The van der Waals surface area contributed by atoms with Crippen LogP contribution >= 0.6 is 15.9 Å². The number of benzene rings is 1.